The van der Waals surface area contributed by atoms with E-state index in [-0.39, 0.29) is 11.7 Å². The Morgan fingerprint density at radius 2 is 2.19 bits per heavy atom. The fraction of sp³-hybridized carbons (Fsp3) is 0.647. The molecule has 0 saturated carbocycles. The zero-order chi connectivity index (χ0) is 14.6. The van der Waals surface area contributed by atoms with Crippen molar-refractivity contribution in [2.75, 3.05) is 6.54 Å². The third-order valence-electron chi connectivity index (χ3n) is 5.26. The van der Waals surface area contributed by atoms with Gasteiger partial charge in [0.15, 0.2) is 0 Å². The lowest BCUT2D eigenvalue weighted by Crippen LogP contribution is -2.57. The van der Waals surface area contributed by atoms with Crippen LogP contribution in [-0.4, -0.2) is 24.3 Å². The van der Waals surface area contributed by atoms with Crippen LogP contribution in [0.1, 0.15) is 44.8 Å². The van der Waals surface area contributed by atoms with E-state index in [1.54, 1.807) is 0 Å². The van der Waals surface area contributed by atoms with Crippen molar-refractivity contribution >= 4 is 11.6 Å². The molecule has 3 heterocycles. The number of nitrogens with one attached hydrogen (secondary N) is 1. The van der Waals surface area contributed by atoms with Gasteiger partial charge in [0.1, 0.15) is 11.4 Å². The maximum absolute atomic E-state index is 6.51. The first-order valence-corrected chi connectivity index (χ1v) is 8.30. The van der Waals surface area contributed by atoms with Gasteiger partial charge >= 0.3 is 0 Å². The molecule has 0 unspecified atom stereocenters. The quantitative estimate of drug-likeness (QED) is 0.792. The van der Waals surface area contributed by atoms with Gasteiger partial charge in [0.05, 0.1) is 12.2 Å². The second kappa shape index (κ2) is 4.87. The molecule has 4 heteroatoms. The molecule has 2 fully saturated rings. The van der Waals surface area contributed by atoms with Crippen LogP contribution in [-0.2, 0) is 4.74 Å². The molecule has 0 aromatic heterocycles. The predicted molar refractivity (Wildman–Crippen MR) is 82.9 cm³/mol. The third-order valence-corrected chi connectivity index (χ3v) is 5.49. The van der Waals surface area contributed by atoms with Gasteiger partial charge < -0.3 is 14.8 Å². The van der Waals surface area contributed by atoms with Crippen LogP contribution in [0.2, 0.25) is 5.02 Å². The second-order valence-electron chi connectivity index (χ2n) is 7.03. The highest BCUT2D eigenvalue weighted by atomic mass is 35.5. The number of hydrogen-bond donors (Lipinski definition) is 1. The highest BCUT2D eigenvalue weighted by Crippen LogP contribution is 2.51. The van der Waals surface area contributed by atoms with Gasteiger partial charge in [0.2, 0.25) is 0 Å². The number of halogens is 1. The summed E-state index contributed by atoms with van der Waals surface area (Å²) in [6.07, 6.45) is 3.87. The fourth-order valence-corrected chi connectivity index (χ4v) is 4.31. The van der Waals surface area contributed by atoms with Crippen molar-refractivity contribution < 1.29 is 9.47 Å². The Morgan fingerprint density at radius 3 is 3.05 bits per heavy atom. The molecule has 1 N–H and O–H groups in total. The van der Waals surface area contributed by atoms with Gasteiger partial charge in [-0.2, -0.15) is 0 Å². The molecule has 0 bridgehead atoms. The second-order valence-corrected chi connectivity index (χ2v) is 7.46. The highest BCUT2D eigenvalue weighted by Gasteiger charge is 2.50. The van der Waals surface area contributed by atoms with Gasteiger partial charge in [-0.1, -0.05) is 11.6 Å². The number of hydrogen-bond acceptors (Lipinski definition) is 3. The summed E-state index contributed by atoms with van der Waals surface area (Å²) in [5.74, 6) is 1.28. The van der Waals surface area contributed by atoms with Crippen molar-refractivity contribution in [2.24, 2.45) is 5.92 Å². The first kappa shape index (κ1) is 13.9. The molecular formula is C17H22ClNO2. The molecule has 0 spiro atoms. The van der Waals surface area contributed by atoms with Gasteiger partial charge in [-0.25, -0.2) is 0 Å². The van der Waals surface area contributed by atoms with E-state index in [4.69, 9.17) is 21.1 Å². The molecule has 1 aromatic rings. The Balaban J connectivity index is 1.74. The molecule has 2 saturated heterocycles. The maximum Gasteiger partial charge on any atom is 0.126 e. The van der Waals surface area contributed by atoms with Crippen molar-refractivity contribution in [1.29, 1.82) is 0 Å². The minimum atomic E-state index is -0.213. The van der Waals surface area contributed by atoms with E-state index in [0.29, 0.717) is 18.1 Å². The van der Waals surface area contributed by atoms with Crippen molar-refractivity contribution in [2.45, 2.75) is 57.0 Å². The number of fused-ring (bicyclic) bond motifs is 4. The van der Waals surface area contributed by atoms with Gasteiger partial charge in [0, 0.05) is 22.5 Å². The lowest BCUT2D eigenvalue weighted by atomic mass is 9.73. The van der Waals surface area contributed by atoms with Crippen LogP contribution in [0.15, 0.2) is 18.2 Å². The first-order chi connectivity index (χ1) is 10.0. The summed E-state index contributed by atoms with van der Waals surface area (Å²) in [5, 5.41) is 4.37. The van der Waals surface area contributed by atoms with Crippen LogP contribution in [0, 0.1) is 5.92 Å². The van der Waals surface area contributed by atoms with E-state index in [1.165, 1.54) is 6.42 Å². The highest BCUT2D eigenvalue weighted by molar-refractivity contribution is 6.30. The van der Waals surface area contributed by atoms with Crippen molar-refractivity contribution in [1.82, 2.24) is 5.32 Å². The standard InChI is InChI=1S/C17H22ClNO2/c1-17(2)12-9-13-15(4-3-7-19-13)20-16(12)11-8-10(18)5-6-14(11)21-17/h5-6,8,12-13,15-16,19H,3-4,7,9H2,1-2H3/t12-,13-,15-,16+/m0/s1. The van der Waals surface area contributed by atoms with E-state index < -0.39 is 0 Å². The largest absolute Gasteiger partial charge is 0.487 e. The number of benzene rings is 1. The maximum atomic E-state index is 6.51. The Kier molecular flexibility index (Phi) is 3.21. The molecule has 0 aliphatic carbocycles. The van der Waals surface area contributed by atoms with Crippen LogP contribution < -0.4 is 10.1 Å². The summed E-state index contributed by atoms with van der Waals surface area (Å²) in [5.41, 5.74) is 0.908. The monoisotopic (exact) mass is 307 g/mol. The van der Waals surface area contributed by atoms with Crippen LogP contribution >= 0.6 is 11.6 Å². The molecule has 4 rings (SSSR count). The zero-order valence-electron chi connectivity index (χ0n) is 12.6. The van der Waals surface area contributed by atoms with Gasteiger partial charge in [-0.3, -0.25) is 0 Å². The van der Waals surface area contributed by atoms with Gasteiger partial charge in [-0.15, -0.1) is 0 Å². The van der Waals surface area contributed by atoms with E-state index in [1.807, 2.05) is 18.2 Å². The number of rotatable bonds is 0. The Bertz CT molecular complexity index is 560. The minimum absolute atomic E-state index is 0.101. The molecule has 4 atom stereocenters. The first-order valence-electron chi connectivity index (χ1n) is 7.92. The van der Waals surface area contributed by atoms with Crippen LogP contribution in [0.3, 0.4) is 0 Å². The average Bonchev–Trinajstić information content (AvgIpc) is 2.47. The zero-order valence-corrected chi connectivity index (χ0v) is 13.3. The SMILES string of the molecule is CC1(C)Oc2ccc(Cl)cc2[C@H]2O[C@H]3CCCN[C@H]3C[C@@H]21. The Morgan fingerprint density at radius 1 is 1.33 bits per heavy atom. The average molecular weight is 308 g/mol. The van der Waals surface area contributed by atoms with E-state index >= 15 is 0 Å². The van der Waals surface area contributed by atoms with Crippen molar-refractivity contribution in [3.63, 3.8) is 0 Å². The summed E-state index contributed by atoms with van der Waals surface area (Å²) in [7, 11) is 0. The predicted octanol–water partition coefficient (Wildman–Crippen LogP) is 3.71. The fourth-order valence-electron chi connectivity index (χ4n) is 4.13. The van der Waals surface area contributed by atoms with Crippen LogP contribution in [0.25, 0.3) is 0 Å². The van der Waals surface area contributed by atoms with E-state index in [9.17, 15) is 0 Å². The van der Waals surface area contributed by atoms with Gasteiger partial charge in [-0.05, 0) is 57.9 Å². The molecule has 0 radical (unpaired) electrons. The molecule has 114 valence electrons. The summed E-state index contributed by atoms with van der Waals surface area (Å²) >= 11 is 6.19. The van der Waals surface area contributed by atoms with E-state index in [2.05, 4.69) is 19.2 Å². The molecule has 1 aromatic carbocycles. The van der Waals surface area contributed by atoms with Crippen molar-refractivity contribution in [3.8, 4) is 5.75 Å². The summed E-state index contributed by atoms with van der Waals surface area (Å²) in [6, 6.07) is 6.35. The summed E-state index contributed by atoms with van der Waals surface area (Å²) < 4.78 is 12.8. The Labute approximate surface area is 131 Å². The Hall–Kier alpha value is -0.770. The summed E-state index contributed by atoms with van der Waals surface area (Å²) in [6.45, 7) is 5.45. The van der Waals surface area contributed by atoms with Crippen LogP contribution in [0.5, 0.6) is 5.75 Å². The lowest BCUT2D eigenvalue weighted by Gasteiger charge is -2.52. The molecular weight excluding hydrogens is 286 g/mol. The molecule has 3 aliphatic rings. The normalized spacial score (nSPS) is 36.9. The topological polar surface area (TPSA) is 30.5 Å². The van der Waals surface area contributed by atoms with E-state index in [0.717, 1.165) is 35.7 Å². The molecule has 0 amide bonds. The van der Waals surface area contributed by atoms with Crippen molar-refractivity contribution in [3.05, 3.63) is 28.8 Å². The minimum Gasteiger partial charge on any atom is -0.487 e. The molecule has 21 heavy (non-hydrogen) atoms. The smallest absolute Gasteiger partial charge is 0.126 e. The molecule has 3 nitrogen and oxygen atoms in total. The van der Waals surface area contributed by atoms with Crippen LogP contribution in [0.4, 0.5) is 0 Å². The number of ether oxygens (including phenoxy) is 2. The third kappa shape index (κ3) is 2.26. The number of piperidine rings is 1. The lowest BCUT2D eigenvalue weighted by molar-refractivity contribution is -0.167. The molecule has 3 aliphatic heterocycles. The van der Waals surface area contributed by atoms with Gasteiger partial charge in [0.25, 0.3) is 0 Å². The summed E-state index contributed by atoms with van der Waals surface area (Å²) in [4.78, 5) is 0.